The van der Waals surface area contributed by atoms with Crippen LogP contribution in [0.15, 0.2) is 47.5 Å². The van der Waals surface area contributed by atoms with Gasteiger partial charge in [0.1, 0.15) is 16.5 Å². The van der Waals surface area contributed by atoms with Crippen LogP contribution in [0.2, 0.25) is 5.02 Å². The van der Waals surface area contributed by atoms with Crippen molar-refractivity contribution >= 4 is 39.2 Å². The molecule has 0 radical (unpaired) electrons. The fourth-order valence-electron chi connectivity index (χ4n) is 3.26. The van der Waals surface area contributed by atoms with Gasteiger partial charge in [-0.05, 0) is 30.7 Å². The summed E-state index contributed by atoms with van der Waals surface area (Å²) >= 11 is 6.23. The molecule has 1 aliphatic heterocycles. The van der Waals surface area contributed by atoms with Crippen molar-refractivity contribution in [2.75, 3.05) is 29.0 Å². The summed E-state index contributed by atoms with van der Waals surface area (Å²) in [6.07, 6.45) is 1.26. The van der Waals surface area contributed by atoms with Crippen LogP contribution in [0.3, 0.4) is 0 Å². The molecule has 1 saturated heterocycles. The number of hydrogen-bond donors (Lipinski definition) is 3. The number of benzene rings is 1. The van der Waals surface area contributed by atoms with E-state index in [1.165, 1.54) is 12.3 Å². The topological polar surface area (TPSA) is 140 Å². The summed E-state index contributed by atoms with van der Waals surface area (Å²) < 4.78 is 22.7. The predicted molar refractivity (Wildman–Crippen MR) is 117 cm³/mol. The van der Waals surface area contributed by atoms with E-state index in [9.17, 15) is 8.42 Å². The minimum Gasteiger partial charge on any atom is -0.368 e. The second-order valence-electron chi connectivity index (χ2n) is 7.05. The van der Waals surface area contributed by atoms with Crippen molar-refractivity contribution in [3.05, 3.63) is 53.2 Å². The number of aromatic nitrogens is 3. The maximum Gasteiger partial charge on any atom is 0.239 e. The third-order valence-corrected chi connectivity index (χ3v) is 6.20. The molecule has 3 heterocycles. The van der Waals surface area contributed by atoms with Gasteiger partial charge in [-0.3, -0.25) is 0 Å². The van der Waals surface area contributed by atoms with Crippen molar-refractivity contribution in [2.24, 2.45) is 5.14 Å². The zero-order valence-electron chi connectivity index (χ0n) is 16.1. The molecule has 5 N–H and O–H groups in total. The molecule has 30 heavy (non-hydrogen) atoms. The Labute approximate surface area is 179 Å². The average Bonchev–Trinajstić information content (AvgIpc) is 2.65. The van der Waals surface area contributed by atoms with Gasteiger partial charge in [0.25, 0.3) is 0 Å². The van der Waals surface area contributed by atoms with Crippen molar-refractivity contribution in [3.8, 4) is 11.3 Å². The van der Waals surface area contributed by atoms with Gasteiger partial charge in [0, 0.05) is 35.9 Å². The maximum atomic E-state index is 11.3. The molecule has 1 fully saturated rings. The Balaban J connectivity index is 1.45. The van der Waals surface area contributed by atoms with Crippen LogP contribution >= 0.6 is 11.6 Å². The number of nitrogens with two attached hydrogens (primary N) is 2. The first-order valence-electron chi connectivity index (χ1n) is 9.11. The zero-order valence-corrected chi connectivity index (χ0v) is 17.7. The van der Waals surface area contributed by atoms with Gasteiger partial charge in [0.2, 0.25) is 16.0 Å². The normalized spacial score (nSPS) is 14.4. The summed E-state index contributed by atoms with van der Waals surface area (Å²) in [6.45, 7) is 3.29. The van der Waals surface area contributed by atoms with E-state index in [2.05, 4.69) is 20.3 Å². The lowest BCUT2D eigenvalue weighted by atomic mass is 10.1. The van der Waals surface area contributed by atoms with Crippen LogP contribution in [-0.4, -0.2) is 42.5 Å². The van der Waals surface area contributed by atoms with E-state index < -0.39 is 10.0 Å². The highest BCUT2D eigenvalue weighted by atomic mass is 35.5. The zero-order chi connectivity index (χ0) is 21.5. The summed E-state index contributed by atoms with van der Waals surface area (Å²) in [6, 6.07) is 10.7. The Bertz CT molecular complexity index is 1200. The van der Waals surface area contributed by atoms with Gasteiger partial charge in [0.05, 0.1) is 11.7 Å². The van der Waals surface area contributed by atoms with Crippen molar-refractivity contribution < 1.29 is 8.42 Å². The predicted octanol–water partition coefficient (Wildman–Crippen LogP) is 2.03. The second kappa shape index (κ2) is 7.71. The Kier molecular flexibility index (Phi) is 5.22. The molecule has 0 amide bonds. The fourth-order valence-corrected chi connectivity index (χ4v) is 3.89. The maximum absolute atomic E-state index is 11.3. The third kappa shape index (κ3) is 4.16. The molecule has 3 aromatic rings. The second-order valence-corrected chi connectivity index (χ2v) is 9.02. The van der Waals surface area contributed by atoms with E-state index in [-0.39, 0.29) is 16.9 Å². The monoisotopic (exact) mass is 445 g/mol. The number of primary sulfonamides is 1. The molecule has 0 unspecified atom stereocenters. The number of nitrogens with one attached hydrogen (secondary N) is 1. The number of sulfonamides is 1. The number of hydrogen-bond acceptors (Lipinski definition) is 8. The number of rotatable bonds is 5. The van der Waals surface area contributed by atoms with E-state index >= 15 is 0 Å². The molecule has 1 aliphatic rings. The summed E-state index contributed by atoms with van der Waals surface area (Å²) in [5.41, 5.74) is 8.43. The molecule has 0 atom stereocenters. The van der Waals surface area contributed by atoms with Crippen molar-refractivity contribution in [1.29, 1.82) is 0 Å². The van der Waals surface area contributed by atoms with Crippen LogP contribution < -0.4 is 21.1 Å². The Hall–Kier alpha value is -2.95. The highest BCUT2D eigenvalue weighted by Gasteiger charge is 2.28. The summed E-state index contributed by atoms with van der Waals surface area (Å²) in [5, 5.41) is 9.11. The quantitative estimate of drug-likeness (QED) is 0.541. The largest absolute Gasteiger partial charge is 0.368 e. The van der Waals surface area contributed by atoms with Gasteiger partial charge in [-0.25, -0.2) is 23.5 Å². The Morgan fingerprint density at radius 2 is 1.97 bits per heavy atom. The smallest absolute Gasteiger partial charge is 0.239 e. The molecule has 4 rings (SSSR count). The standard InChI is InChI=1S/C19H20ClN7O2S/c1-11-14(3-2-4-15(11)20)16-7-17(26-19(21)25-16)24-12-9-27(10-12)18-6-5-13(8-23-18)30(22,28)29/h2-8,12H,9-10H2,1H3,(H2,22,28,29)(H3,21,24,25,26). The van der Waals surface area contributed by atoms with Gasteiger partial charge in [-0.2, -0.15) is 4.98 Å². The number of nitrogens with zero attached hydrogens (tertiary/aromatic N) is 4. The summed E-state index contributed by atoms with van der Waals surface area (Å²) in [5.74, 6) is 1.47. The van der Waals surface area contributed by atoms with Crippen LogP contribution in [0, 0.1) is 6.92 Å². The average molecular weight is 446 g/mol. The van der Waals surface area contributed by atoms with Crippen LogP contribution in [0.25, 0.3) is 11.3 Å². The lowest BCUT2D eigenvalue weighted by Crippen LogP contribution is -2.55. The lowest BCUT2D eigenvalue weighted by Gasteiger charge is -2.40. The molecule has 0 saturated carbocycles. The molecule has 1 aromatic carbocycles. The van der Waals surface area contributed by atoms with Crippen molar-refractivity contribution in [2.45, 2.75) is 17.9 Å². The number of anilines is 3. The molecule has 2 aromatic heterocycles. The van der Waals surface area contributed by atoms with E-state index in [0.29, 0.717) is 35.4 Å². The van der Waals surface area contributed by atoms with E-state index in [1.807, 2.05) is 36.1 Å². The van der Waals surface area contributed by atoms with E-state index in [1.54, 1.807) is 6.07 Å². The highest BCUT2D eigenvalue weighted by molar-refractivity contribution is 7.89. The molecule has 0 aliphatic carbocycles. The van der Waals surface area contributed by atoms with Crippen LogP contribution in [0.1, 0.15) is 5.56 Å². The number of halogens is 1. The van der Waals surface area contributed by atoms with Gasteiger partial charge in [0.15, 0.2) is 0 Å². The molecule has 0 bridgehead atoms. The molecular formula is C19H20ClN7O2S. The Morgan fingerprint density at radius 1 is 1.20 bits per heavy atom. The molecule has 156 valence electrons. The first kappa shape index (κ1) is 20.3. The summed E-state index contributed by atoms with van der Waals surface area (Å²) in [4.78, 5) is 14.8. The van der Waals surface area contributed by atoms with Gasteiger partial charge >= 0.3 is 0 Å². The fraction of sp³-hybridized carbons (Fsp3) is 0.211. The van der Waals surface area contributed by atoms with Gasteiger partial charge in [-0.15, -0.1) is 0 Å². The number of pyridine rings is 1. The van der Waals surface area contributed by atoms with Crippen LogP contribution in [0.5, 0.6) is 0 Å². The van der Waals surface area contributed by atoms with Crippen molar-refractivity contribution in [3.63, 3.8) is 0 Å². The molecule has 9 nitrogen and oxygen atoms in total. The number of nitrogen functional groups attached to an aromatic ring is 1. The van der Waals surface area contributed by atoms with E-state index in [4.69, 9.17) is 22.5 Å². The van der Waals surface area contributed by atoms with E-state index in [0.717, 1.165) is 11.1 Å². The highest BCUT2D eigenvalue weighted by Crippen LogP contribution is 2.29. The molecular weight excluding hydrogens is 426 g/mol. The first-order valence-corrected chi connectivity index (χ1v) is 11.0. The molecule has 11 heteroatoms. The summed E-state index contributed by atoms with van der Waals surface area (Å²) in [7, 11) is -3.75. The SMILES string of the molecule is Cc1c(Cl)cccc1-c1cc(NC2CN(c3ccc(S(N)(=O)=O)cn3)C2)nc(N)n1. The minimum absolute atomic E-state index is 0.0123. The lowest BCUT2D eigenvalue weighted by molar-refractivity contribution is 0.543. The van der Waals surface area contributed by atoms with Crippen molar-refractivity contribution in [1.82, 2.24) is 15.0 Å². The first-order chi connectivity index (χ1) is 14.2. The Morgan fingerprint density at radius 3 is 2.63 bits per heavy atom. The minimum atomic E-state index is -3.75. The van der Waals surface area contributed by atoms with Crippen LogP contribution in [0.4, 0.5) is 17.6 Å². The molecule has 0 spiro atoms. The van der Waals surface area contributed by atoms with Gasteiger partial charge < -0.3 is 16.0 Å². The van der Waals surface area contributed by atoms with Gasteiger partial charge in [-0.1, -0.05) is 23.7 Å². The third-order valence-electron chi connectivity index (χ3n) is 4.89. The van der Waals surface area contributed by atoms with Crippen LogP contribution in [-0.2, 0) is 10.0 Å².